The Morgan fingerprint density at radius 2 is 1.91 bits per heavy atom. The van der Waals surface area contributed by atoms with Crippen molar-refractivity contribution in [3.63, 3.8) is 0 Å². The number of hydrogen-bond donors (Lipinski definition) is 1. The van der Waals surface area contributed by atoms with Gasteiger partial charge in [-0.15, -0.1) is 0 Å². The number of amides is 2. The summed E-state index contributed by atoms with van der Waals surface area (Å²) in [7, 11) is 3.30. The van der Waals surface area contributed by atoms with E-state index in [-0.39, 0.29) is 24.2 Å². The van der Waals surface area contributed by atoms with E-state index in [1.807, 2.05) is 36.4 Å². The number of carbonyl (C=O) groups is 2. The Morgan fingerprint density at radius 1 is 1.12 bits per heavy atom. The Balaban J connectivity index is 1.52. The Morgan fingerprint density at radius 3 is 2.66 bits per heavy atom. The molecule has 1 heterocycles. The normalized spacial score (nSPS) is 14.3. The Bertz CT molecular complexity index is 1210. The van der Waals surface area contributed by atoms with Gasteiger partial charge in [0.25, 0.3) is 11.8 Å². The molecule has 1 N–H and O–H groups in total. The van der Waals surface area contributed by atoms with Crippen molar-refractivity contribution >= 4 is 35.3 Å². The molecule has 0 saturated carbocycles. The lowest BCUT2D eigenvalue weighted by atomic mass is 10.1. The second-order valence-corrected chi connectivity index (χ2v) is 8.33. The van der Waals surface area contributed by atoms with Crippen LogP contribution in [-0.4, -0.2) is 26.0 Å². The summed E-state index contributed by atoms with van der Waals surface area (Å²) in [5, 5.41) is 2.82. The molecule has 7 heteroatoms. The first-order valence-electron chi connectivity index (χ1n) is 9.93. The van der Waals surface area contributed by atoms with E-state index in [1.54, 1.807) is 43.3 Å². The van der Waals surface area contributed by atoms with Crippen LogP contribution < -0.4 is 15.0 Å². The van der Waals surface area contributed by atoms with Crippen molar-refractivity contribution in [2.75, 3.05) is 19.1 Å². The van der Waals surface area contributed by atoms with Crippen molar-refractivity contribution in [2.45, 2.75) is 11.4 Å². The number of nitrogens with zero attached hydrogens (tertiary/aromatic N) is 1. The Labute approximate surface area is 189 Å². The fourth-order valence-electron chi connectivity index (χ4n) is 3.30. The highest BCUT2D eigenvalue weighted by Gasteiger charge is 2.27. The molecule has 5 nitrogen and oxygen atoms in total. The van der Waals surface area contributed by atoms with E-state index in [9.17, 15) is 14.0 Å². The summed E-state index contributed by atoms with van der Waals surface area (Å²) in [5.74, 6) is -0.00710. The van der Waals surface area contributed by atoms with Crippen LogP contribution in [0, 0.1) is 5.82 Å². The van der Waals surface area contributed by atoms with Gasteiger partial charge in [0.05, 0.1) is 17.7 Å². The highest BCUT2D eigenvalue weighted by Crippen LogP contribution is 2.42. The maximum absolute atomic E-state index is 13.0. The topological polar surface area (TPSA) is 58.6 Å². The van der Waals surface area contributed by atoms with Gasteiger partial charge in [0.15, 0.2) is 0 Å². The van der Waals surface area contributed by atoms with Crippen molar-refractivity contribution in [1.29, 1.82) is 0 Å². The van der Waals surface area contributed by atoms with Gasteiger partial charge in [-0.3, -0.25) is 9.59 Å². The van der Waals surface area contributed by atoms with Crippen LogP contribution in [-0.2, 0) is 11.3 Å². The third-order valence-corrected chi connectivity index (χ3v) is 6.15. The molecule has 0 spiro atoms. The number of fused-ring (bicyclic) bond motifs is 1. The van der Waals surface area contributed by atoms with Gasteiger partial charge in [-0.2, -0.15) is 0 Å². The van der Waals surface area contributed by atoms with Crippen molar-refractivity contribution in [1.82, 2.24) is 5.32 Å². The lowest BCUT2D eigenvalue weighted by molar-refractivity contribution is -0.114. The quantitative estimate of drug-likeness (QED) is 0.566. The van der Waals surface area contributed by atoms with Crippen LogP contribution in [0.4, 0.5) is 10.1 Å². The number of carbonyl (C=O) groups excluding carboxylic acids is 2. The Kier molecular flexibility index (Phi) is 6.28. The number of nitrogens with one attached hydrogen (secondary N) is 1. The first kappa shape index (κ1) is 21.6. The third-order valence-electron chi connectivity index (χ3n) is 5.08. The fraction of sp³-hybridized carbons (Fsp3) is 0.120. The lowest BCUT2D eigenvalue weighted by Gasteiger charge is -2.27. The van der Waals surface area contributed by atoms with Crippen molar-refractivity contribution in [2.24, 2.45) is 0 Å². The highest BCUT2D eigenvalue weighted by atomic mass is 32.2. The van der Waals surface area contributed by atoms with Crippen molar-refractivity contribution in [3.05, 3.63) is 94.1 Å². The van der Waals surface area contributed by atoms with Gasteiger partial charge in [0.1, 0.15) is 11.6 Å². The first-order valence-corrected chi connectivity index (χ1v) is 10.7. The van der Waals surface area contributed by atoms with Gasteiger partial charge in [-0.1, -0.05) is 36.0 Å². The average molecular weight is 449 g/mol. The van der Waals surface area contributed by atoms with Crippen LogP contribution in [0.5, 0.6) is 5.75 Å². The molecule has 1 aliphatic rings. The predicted molar refractivity (Wildman–Crippen MR) is 124 cm³/mol. The molecule has 4 rings (SSSR count). The molecule has 32 heavy (non-hydrogen) atoms. The Hall–Kier alpha value is -3.58. The summed E-state index contributed by atoms with van der Waals surface area (Å²) >= 11 is 1.37. The molecule has 3 aromatic carbocycles. The molecule has 0 atom stereocenters. The summed E-state index contributed by atoms with van der Waals surface area (Å²) in [6.45, 7) is 0.285. The van der Waals surface area contributed by atoms with E-state index in [2.05, 4.69) is 5.32 Å². The molecular weight excluding hydrogens is 427 g/mol. The maximum Gasteiger partial charge on any atom is 0.264 e. The lowest BCUT2D eigenvalue weighted by Crippen LogP contribution is -2.31. The predicted octanol–water partition coefficient (Wildman–Crippen LogP) is 4.87. The molecule has 3 aromatic rings. The van der Waals surface area contributed by atoms with Crippen LogP contribution in [0.25, 0.3) is 6.08 Å². The van der Waals surface area contributed by atoms with Gasteiger partial charge in [-0.05, 0) is 59.7 Å². The summed E-state index contributed by atoms with van der Waals surface area (Å²) in [4.78, 5) is 28.6. The molecule has 0 fully saturated rings. The van der Waals surface area contributed by atoms with E-state index < -0.39 is 0 Å². The van der Waals surface area contributed by atoms with Crippen LogP contribution in [0.3, 0.4) is 0 Å². The molecule has 0 saturated heterocycles. The first-order chi connectivity index (χ1) is 15.4. The molecule has 0 unspecified atom stereocenters. The van der Waals surface area contributed by atoms with E-state index >= 15 is 0 Å². The van der Waals surface area contributed by atoms with Crippen molar-refractivity contribution in [3.8, 4) is 5.75 Å². The number of benzene rings is 3. The zero-order valence-corrected chi connectivity index (χ0v) is 18.4. The molecule has 162 valence electrons. The summed E-state index contributed by atoms with van der Waals surface area (Å²) in [5.41, 5.74) is 2.80. The zero-order chi connectivity index (χ0) is 22.7. The second-order valence-electron chi connectivity index (χ2n) is 7.24. The number of thioether (sulfide) groups is 1. The largest absolute Gasteiger partial charge is 0.497 e. The number of hydrogen-bond acceptors (Lipinski definition) is 4. The summed E-state index contributed by atoms with van der Waals surface area (Å²) in [6.07, 6.45) is 1.83. The minimum absolute atomic E-state index is 0.144. The molecule has 0 bridgehead atoms. The highest BCUT2D eigenvalue weighted by molar-refractivity contribution is 8.04. The number of rotatable bonds is 5. The minimum atomic E-state index is -0.320. The summed E-state index contributed by atoms with van der Waals surface area (Å²) in [6, 6.07) is 18.8. The zero-order valence-electron chi connectivity index (χ0n) is 17.6. The number of likely N-dealkylation sites (N-methyl/N-ethyl adjacent to an activating group) is 1. The molecular formula is C25H21FN2O3S. The van der Waals surface area contributed by atoms with E-state index in [0.717, 1.165) is 21.8 Å². The molecule has 0 radical (unpaired) electrons. The van der Waals surface area contributed by atoms with Gasteiger partial charge >= 0.3 is 0 Å². The maximum atomic E-state index is 13.0. The van der Waals surface area contributed by atoms with Crippen LogP contribution in [0.2, 0.25) is 0 Å². The number of anilines is 1. The second kappa shape index (κ2) is 9.28. The van der Waals surface area contributed by atoms with Crippen LogP contribution in [0.1, 0.15) is 21.5 Å². The van der Waals surface area contributed by atoms with Crippen molar-refractivity contribution < 1.29 is 18.7 Å². The van der Waals surface area contributed by atoms with Gasteiger partial charge in [0, 0.05) is 24.1 Å². The van der Waals surface area contributed by atoms with Crippen LogP contribution in [0.15, 0.2) is 76.5 Å². The SMILES string of the molecule is COc1cccc(C=C2Sc3ccc(C(=O)NCc4ccc(F)cc4)cc3N(C)C2=O)c1. The monoisotopic (exact) mass is 448 g/mol. The standard InChI is InChI=1S/C25H21FN2O3S/c1-28-21-14-18(24(29)27-15-16-6-9-19(26)10-7-16)8-11-22(21)32-23(25(28)30)13-17-4-3-5-20(12-17)31-2/h3-14H,15H2,1-2H3,(H,27,29). The minimum Gasteiger partial charge on any atom is -0.497 e. The smallest absolute Gasteiger partial charge is 0.264 e. The van der Waals surface area contributed by atoms with Gasteiger partial charge in [0.2, 0.25) is 0 Å². The van der Waals surface area contributed by atoms with E-state index in [0.29, 0.717) is 16.2 Å². The van der Waals surface area contributed by atoms with Gasteiger partial charge < -0.3 is 15.0 Å². The molecule has 0 aromatic heterocycles. The summed E-state index contributed by atoms with van der Waals surface area (Å²) < 4.78 is 18.3. The number of methoxy groups -OCH3 is 1. The van der Waals surface area contributed by atoms with Gasteiger partial charge in [-0.25, -0.2) is 4.39 Å². The number of ether oxygens (including phenoxy) is 1. The molecule has 2 amide bonds. The molecule has 1 aliphatic heterocycles. The van der Waals surface area contributed by atoms with E-state index in [4.69, 9.17) is 4.74 Å². The average Bonchev–Trinajstić information content (AvgIpc) is 2.81. The third kappa shape index (κ3) is 4.68. The number of halogens is 1. The van der Waals surface area contributed by atoms with E-state index in [1.165, 1.54) is 23.9 Å². The molecule has 0 aliphatic carbocycles. The fourth-order valence-corrected chi connectivity index (χ4v) is 4.40. The van der Waals surface area contributed by atoms with Crippen LogP contribution >= 0.6 is 11.8 Å².